The Morgan fingerprint density at radius 3 is 2.51 bits per heavy atom. The largest absolute Gasteiger partial charge is 0.480 e. The molecular weight excluding hydrogens is 436 g/mol. The van der Waals surface area contributed by atoms with Gasteiger partial charge in [-0.2, -0.15) is 0 Å². The molecule has 0 spiro atoms. The van der Waals surface area contributed by atoms with Crippen molar-refractivity contribution in [2.24, 2.45) is 50.8 Å². The number of Topliss-reactive ketones (excluding diaryl/α,β-unsaturated/α-hetero) is 1. The second kappa shape index (κ2) is 8.41. The van der Waals surface area contributed by atoms with Gasteiger partial charge in [0.1, 0.15) is 5.78 Å². The standard InChI is InChI=1S/C30H48N2O3/c1-17(2)27-31-25-12-9-19-13-20-22(11-10-21(19)28(25,4)16-35-27)29(5)15-24(34)26(18(3)32(7)8)30(29,6)14-23(20)33/h9,17-18,20-22,24-26,34H,10-16H2,1-8H3/t18-,20?,21+,22+,24+,25-,26-,28-,29-,30+/m0/s1. The molecule has 0 aromatic heterocycles. The van der Waals surface area contributed by atoms with Crippen LogP contribution in [-0.2, 0) is 9.53 Å². The van der Waals surface area contributed by atoms with Crippen LogP contribution in [-0.4, -0.2) is 60.6 Å². The van der Waals surface area contributed by atoms with Crippen molar-refractivity contribution in [3.8, 4) is 0 Å². The molecule has 4 aliphatic carbocycles. The lowest BCUT2D eigenvalue weighted by molar-refractivity contribution is -0.147. The van der Waals surface area contributed by atoms with E-state index in [-0.39, 0.29) is 46.3 Å². The van der Waals surface area contributed by atoms with Crippen LogP contribution in [0, 0.1) is 45.8 Å². The number of carbonyl (C=O) groups is 1. The number of hydrogen-bond donors (Lipinski definition) is 1. The molecule has 196 valence electrons. The van der Waals surface area contributed by atoms with E-state index in [1.54, 1.807) is 0 Å². The number of aliphatic hydroxyl groups excluding tert-OH is 1. The summed E-state index contributed by atoms with van der Waals surface area (Å²) in [6.07, 6.45) is 7.52. The van der Waals surface area contributed by atoms with Crippen molar-refractivity contribution in [2.75, 3.05) is 20.7 Å². The highest BCUT2D eigenvalue weighted by Gasteiger charge is 2.68. The Labute approximate surface area is 212 Å². The summed E-state index contributed by atoms with van der Waals surface area (Å²) in [7, 11) is 4.20. The van der Waals surface area contributed by atoms with E-state index in [4.69, 9.17) is 9.73 Å². The predicted molar refractivity (Wildman–Crippen MR) is 140 cm³/mol. The second-order valence-corrected chi connectivity index (χ2v) is 14.0. The average Bonchev–Trinajstić information content (AvgIpc) is 2.91. The molecule has 3 fully saturated rings. The summed E-state index contributed by atoms with van der Waals surface area (Å²) in [5.41, 5.74) is 1.29. The van der Waals surface area contributed by atoms with Gasteiger partial charge in [-0.15, -0.1) is 0 Å². The first kappa shape index (κ1) is 25.4. The lowest BCUT2D eigenvalue weighted by Crippen LogP contribution is -2.55. The third-order valence-corrected chi connectivity index (χ3v) is 11.8. The van der Waals surface area contributed by atoms with Crippen molar-refractivity contribution in [3.05, 3.63) is 11.6 Å². The number of allylic oxidation sites excluding steroid dienone is 1. The SMILES string of the molecule is CC(C)C1=N[C@H]2CC=C3CC4C(=O)C[C@]5(C)[C@@H]([C@H](C)N(C)C)[C@H](O)C[C@@]5(C)[C@@H]4CC[C@H]3[C@]2(C)CO1. The molecule has 0 radical (unpaired) electrons. The zero-order valence-electron chi connectivity index (χ0n) is 23.3. The van der Waals surface area contributed by atoms with Crippen molar-refractivity contribution < 1.29 is 14.6 Å². The fourth-order valence-electron chi connectivity index (χ4n) is 9.41. The first-order valence-electron chi connectivity index (χ1n) is 14.1. The number of nitrogens with zero attached hydrogens (tertiary/aromatic N) is 2. The Kier molecular flexibility index (Phi) is 6.12. The Hall–Kier alpha value is -1.20. The summed E-state index contributed by atoms with van der Waals surface area (Å²) in [6.45, 7) is 14.4. The minimum absolute atomic E-state index is 0.000382. The number of aliphatic hydroxyl groups is 1. The maximum atomic E-state index is 13.9. The average molecular weight is 485 g/mol. The molecule has 0 saturated heterocycles. The van der Waals surface area contributed by atoms with Crippen LogP contribution in [0.15, 0.2) is 16.6 Å². The van der Waals surface area contributed by atoms with Gasteiger partial charge >= 0.3 is 0 Å². The Morgan fingerprint density at radius 2 is 1.86 bits per heavy atom. The molecule has 0 bridgehead atoms. The quantitative estimate of drug-likeness (QED) is 0.565. The predicted octanol–water partition coefficient (Wildman–Crippen LogP) is 5.12. The Balaban J connectivity index is 1.48. The normalized spacial score (nSPS) is 48.1. The van der Waals surface area contributed by atoms with Gasteiger partial charge in [0.25, 0.3) is 0 Å². The molecule has 1 heterocycles. The van der Waals surface area contributed by atoms with Gasteiger partial charge in [0.05, 0.1) is 18.8 Å². The van der Waals surface area contributed by atoms with E-state index in [1.807, 2.05) is 0 Å². The molecule has 35 heavy (non-hydrogen) atoms. The molecule has 1 N–H and O–H groups in total. The van der Waals surface area contributed by atoms with E-state index < -0.39 is 0 Å². The number of hydrogen-bond acceptors (Lipinski definition) is 5. The van der Waals surface area contributed by atoms with Crippen molar-refractivity contribution in [2.45, 2.75) is 98.3 Å². The lowest BCUT2D eigenvalue weighted by Gasteiger charge is -2.56. The summed E-state index contributed by atoms with van der Waals surface area (Å²) < 4.78 is 6.24. The van der Waals surface area contributed by atoms with Crippen LogP contribution < -0.4 is 0 Å². The van der Waals surface area contributed by atoms with Crippen LogP contribution in [0.25, 0.3) is 0 Å². The summed E-state index contributed by atoms with van der Waals surface area (Å²) in [5, 5.41) is 11.4. The third-order valence-electron chi connectivity index (χ3n) is 11.8. The van der Waals surface area contributed by atoms with Crippen molar-refractivity contribution in [1.82, 2.24) is 4.90 Å². The van der Waals surface area contributed by atoms with Gasteiger partial charge in [0, 0.05) is 35.6 Å². The van der Waals surface area contributed by atoms with Crippen LogP contribution >= 0.6 is 0 Å². The third kappa shape index (κ3) is 3.54. The zero-order chi connectivity index (χ0) is 25.5. The topological polar surface area (TPSA) is 62.1 Å². The number of ketones is 1. The molecule has 5 heteroatoms. The molecule has 1 unspecified atom stereocenters. The molecule has 0 aromatic carbocycles. The fourth-order valence-corrected chi connectivity index (χ4v) is 9.41. The van der Waals surface area contributed by atoms with Crippen LogP contribution in [0.2, 0.25) is 0 Å². The van der Waals surface area contributed by atoms with E-state index in [0.717, 1.165) is 44.6 Å². The van der Waals surface area contributed by atoms with Crippen LogP contribution in [0.4, 0.5) is 0 Å². The molecule has 0 aromatic rings. The van der Waals surface area contributed by atoms with Crippen LogP contribution in [0.5, 0.6) is 0 Å². The number of fused-ring (bicyclic) bond motifs is 6. The first-order valence-corrected chi connectivity index (χ1v) is 14.1. The van der Waals surface area contributed by atoms with Crippen LogP contribution in [0.3, 0.4) is 0 Å². The molecule has 5 nitrogen and oxygen atoms in total. The van der Waals surface area contributed by atoms with Gasteiger partial charge in [-0.25, -0.2) is 0 Å². The van der Waals surface area contributed by atoms with E-state index in [9.17, 15) is 9.90 Å². The Bertz CT molecular complexity index is 940. The van der Waals surface area contributed by atoms with Crippen molar-refractivity contribution in [3.63, 3.8) is 0 Å². The highest BCUT2D eigenvalue weighted by Crippen LogP contribution is 2.69. The number of rotatable bonds is 3. The van der Waals surface area contributed by atoms with Crippen LogP contribution in [0.1, 0.15) is 80.1 Å². The second-order valence-electron chi connectivity index (χ2n) is 14.0. The molecule has 5 aliphatic rings. The summed E-state index contributed by atoms with van der Waals surface area (Å²) in [5.74, 6) is 2.63. The van der Waals surface area contributed by atoms with Gasteiger partial charge in [-0.3, -0.25) is 9.79 Å². The Morgan fingerprint density at radius 1 is 1.14 bits per heavy atom. The maximum absolute atomic E-state index is 13.9. The van der Waals surface area contributed by atoms with Gasteiger partial charge < -0.3 is 14.7 Å². The number of ether oxygens (including phenoxy) is 1. The highest BCUT2D eigenvalue weighted by molar-refractivity contribution is 5.84. The lowest BCUT2D eigenvalue weighted by atomic mass is 9.48. The molecule has 5 rings (SSSR count). The van der Waals surface area contributed by atoms with Crippen molar-refractivity contribution in [1.29, 1.82) is 0 Å². The minimum atomic E-state index is -0.351. The smallest absolute Gasteiger partial charge is 0.186 e. The molecule has 10 atom stereocenters. The summed E-state index contributed by atoms with van der Waals surface area (Å²) >= 11 is 0. The molecule has 0 amide bonds. The monoisotopic (exact) mass is 484 g/mol. The van der Waals surface area contributed by atoms with E-state index in [1.165, 1.54) is 5.57 Å². The van der Waals surface area contributed by atoms with Gasteiger partial charge in [-0.05, 0) is 75.8 Å². The van der Waals surface area contributed by atoms with E-state index >= 15 is 0 Å². The van der Waals surface area contributed by atoms with Gasteiger partial charge in [0.15, 0.2) is 5.90 Å². The first-order chi connectivity index (χ1) is 16.3. The zero-order valence-corrected chi connectivity index (χ0v) is 23.3. The fraction of sp³-hybridized carbons (Fsp3) is 0.867. The molecule has 1 aliphatic heterocycles. The van der Waals surface area contributed by atoms with Gasteiger partial charge in [0.2, 0.25) is 0 Å². The molecule has 3 saturated carbocycles. The molecular formula is C30H48N2O3. The van der Waals surface area contributed by atoms with E-state index in [2.05, 4.69) is 66.6 Å². The maximum Gasteiger partial charge on any atom is 0.186 e. The highest BCUT2D eigenvalue weighted by atomic mass is 16.5. The number of aliphatic imine (C=N–C) groups is 1. The number of carbonyl (C=O) groups excluding carboxylic acids is 1. The van der Waals surface area contributed by atoms with Gasteiger partial charge in [-0.1, -0.05) is 46.3 Å². The summed E-state index contributed by atoms with van der Waals surface area (Å²) in [4.78, 5) is 21.2. The van der Waals surface area contributed by atoms with Crippen molar-refractivity contribution >= 4 is 11.7 Å². The van der Waals surface area contributed by atoms with E-state index in [0.29, 0.717) is 30.0 Å². The summed E-state index contributed by atoms with van der Waals surface area (Å²) in [6, 6.07) is 0.516. The minimum Gasteiger partial charge on any atom is -0.480 e.